The van der Waals surface area contributed by atoms with Gasteiger partial charge in [-0.25, -0.2) is 4.98 Å². The Morgan fingerprint density at radius 1 is 1.41 bits per heavy atom. The first-order valence-corrected chi connectivity index (χ1v) is 7.95. The first-order chi connectivity index (χ1) is 10.6. The number of carbonyl (C=O) groups excluding carboxylic acids is 1. The summed E-state index contributed by atoms with van der Waals surface area (Å²) in [6.45, 7) is 6.76. The Labute approximate surface area is 129 Å². The predicted molar refractivity (Wildman–Crippen MR) is 83.6 cm³/mol. The minimum atomic E-state index is -0.0394. The van der Waals surface area contributed by atoms with Crippen LogP contribution in [0, 0.1) is 5.92 Å². The maximum Gasteiger partial charge on any atom is 0.253 e. The normalized spacial score (nSPS) is 29.6. The van der Waals surface area contributed by atoms with Crippen LogP contribution in [0.15, 0.2) is 29.0 Å². The third-order valence-corrected chi connectivity index (χ3v) is 5.44. The lowest BCUT2D eigenvalue weighted by molar-refractivity contribution is -0.0378. The molecule has 0 saturated carbocycles. The molecular weight excluding hydrogens is 278 g/mol. The van der Waals surface area contributed by atoms with Gasteiger partial charge in [0, 0.05) is 23.2 Å². The van der Waals surface area contributed by atoms with Crippen LogP contribution in [0.1, 0.15) is 37.0 Å². The molecule has 3 fully saturated rings. The second-order valence-electron chi connectivity index (χ2n) is 6.97. The van der Waals surface area contributed by atoms with Gasteiger partial charge < -0.3 is 9.73 Å². The Morgan fingerprint density at radius 2 is 2.18 bits per heavy atom. The quantitative estimate of drug-likeness (QED) is 0.925. The molecule has 3 aliphatic rings. The van der Waals surface area contributed by atoms with E-state index in [9.17, 15) is 4.79 Å². The van der Waals surface area contributed by atoms with Crippen molar-refractivity contribution in [1.82, 2.24) is 15.2 Å². The van der Waals surface area contributed by atoms with E-state index in [1.807, 2.05) is 12.1 Å². The number of pyridine rings is 1. The van der Waals surface area contributed by atoms with Crippen molar-refractivity contribution in [2.75, 3.05) is 13.1 Å². The minimum absolute atomic E-state index is 0.0179. The van der Waals surface area contributed by atoms with Crippen molar-refractivity contribution >= 4 is 17.0 Å². The van der Waals surface area contributed by atoms with E-state index in [2.05, 4.69) is 29.0 Å². The maximum absolute atomic E-state index is 12.6. The summed E-state index contributed by atoms with van der Waals surface area (Å²) in [4.78, 5) is 19.3. The van der Waals surface area contributed by atoms with Gasteiger partial charge in [0.15, 0.2) is 0 Å². The molecule has 0 spiro atoms. The lowest BCUT2D eigenvalue weighted by Gasteiger charge is -2.56. The zero-order valence-electron chi connectivity index (χ0n) is 13.0. The van der Waals surface area contributed by atoms with Crippen LogP contribution in [0.3, 0.4) is 0 Å². The van der Waals surface area contributed by atoms with Gasteiger partial charge in [0.2, 0.25) is 5.71 Å². The van der Waals surface area contributed by atoms with Gasteiger partial charge >= 0.3 is 0 Å². The van der Waals surface area contributed by atoms with Crippen molar-refractivity contribution < 1.29 is 9.21 Å². The summed E-state index contributed by atoms with van der Waals surface area (Å²) in [5.74, 6) is 0.539. The molecule has 1 amide bonds. The minimum Gasteiger partial charge on any atom is -0.446 e. The van der Waals surface area contributed by atoms with Crippen molar-refractivity contribution in [3.8, 4) is 0 Å². The summed E-state index contributed by atoms with van der Waals surface area (Å²) in [6.07, 6.45) is 5.53. The second-order valence-corrected chi connectivity index (χ2v) is 6.97. The van der Waals surface area contributed by atoms with Crippen LogP contribution in [-0.2, 0) is 0 Å². The van der Waals surface area contributed by atoms with Crippen LogP contribution in [0.4, 0.5) is 0 Å². The molecule has 5 heteroatoms. The molecule has 5 nitrogen and oxygen atoms in total. The highest BCUT2D eigenvalue weighted by molar-refractivity contribution is 5.96. The smallest absolute Gasteiger partial charge is 0.253 e. The molecule has 0 unspecified atom stereocenters. The number of piperidine rings is 3. The fourth-order valence-electron chi connectivity index (χ4n) is 4.08. The summed E-state index contributed by atoms with van der Waals surface area (Å²) in [5.41, 5.74) is 1.19. The van der Waals surface area contributed by atoms with Crippen LogP contribution in [0.25, 0.3) is 11.1 Å². The first kappa shape index (κ1) is 13.8. The Bertz CT molecular complexity index is 714. The Kier molecular flexibility index (Phi) is 3.01. The Balaban J connectivity index is 1.58. The van der Waals surface area contributed by atoms with E-state index < -0.39 is 0 Å². The van der Waals surface area contributed by atoms with Crippen molar-refractivity contribution in [3.05, 3.63) is 30.2 Å². The molecule has 0 aliphatic carbocycles. The molecule has 2 aromatic heterocycles. The molecule has 0 radical (unpaired) electrons. The largest absolute Gasteiger partial charge is 0.446 e. The van der Waals surface area contributed by atoms with E-state index in [0.29, 0.717) is 17.2 Å². The topological polar surface area (TPSA) is 58.4 Å². The molecule has 5 rings (SSSR count). The van der Waals surface area contributed by atoms with E-state index in [4.69, 9.17) is 4.42 Å². The van der Waals surface area contributed by atoms with Gasteiger partial charge in [0.05, 0.1) is 11.8 Å². The number of hydrogen-bond donors (Lipinski definition) is 1. The lowest BCUT2D eigenvalue weighted by atomic mass is 9.72. The highest BCUT2D eigenvalue weighted by Crippen LogP contribution is 2.39. The fourth-order valence-corrected chi connectivity index (χ4v) is 4.08. The monoisotopic (exact) mass is 299 g/mol. The van der Waals surface area contributed by atoms with Gasteiger partial charge in [-0.3, -0.25) is 9.69 Å². The first-order valence-electron chi connectivity index (χ1n) is 7.95. The summed E-state index contributed by atoms with van der Waals surface area (Å²) in [7, 11) is 0. The summed E-state index contributed by atoms with van der Waals surface area (Å²) < 4.78 is 5.23. The number of nitrogens with zero attached hydrogens (tertiary/aromatic N) is 2. The van der Waals surface area contributed by atoms with Crippen LogP contribution in [0.2, 0.25) is 0 Å². The third-order valence-electron chi connectivity index (χ3n) is 5.44. The maximum atomic E-state index is 12.6. The number of hydrogen-bond acceptors (Lipinski definition) is 4. The van der Waals surface area contributed by atoms with Crippen molar-refractivity contribution in [1.29, 1.82) is 0 Å². The van der Waals surface area contributed by atoms with Gasteiger partial charge in [-0.05, 0) is 57.8 Å². The molecule has 3 saturated heterocycles. The Hall–Kier alpha value is -1.88. The van der Waals surface area contributed by atoms with Crippen LogP contribution < -0.4 is 5.32 Å². The Morgan fingerprint density at radius 3 is 2.91 bits per heavy atom. The molecule has 0 aromatic carbocycles. The molecule has 2 bridgehead atoms. The lowest BCUT2D eigenvalue weighted by Crippen LogP contribution is -2.69. The molecule has 5 heterocycles. The second kappa shape index (κ2) is 4.81. The average molecular weight is 299 g/mol. The molecule has 116 valence electrons. The van der Waals surface area contributed by atoms with Gasteiger partial charge in [-0.15, -0.1) is 0 Å². The van der Waals surface area contributed by atoms with E-state index in [1.165, 1.54) is 12.8 Å². The van der Waals surface area contributed by atoms with E-state index in [-0.39, 0.29) is 17.5 Å². The van der Waals surface area contributed by atoms with Gasteiger partial charge in [-0.2, -0.15) is 0 Å². The zero-order chi connectivity index (χ0) is 15.3. The van der Waals surface area contributed by atoms with Gasteiger partial charge in [0.1, 0.15) is 0 Å². The standard InChI is InChI=1S/C17H21N3O2/c1-17(2)14(11-3-6-20(17)7-4-11)19-15(21)13-9-12-5-8-22-16(12)18-10-13/h5,8-11,14H,3-4,6-7H2,1-2H3,(H,19,21)/t14-/m1/s1. The van der Waals surface area contributed by atoms with Crippen LogP contribution >= 0.6 is 0 Å². The average Bonchev–Trinajstić information content (AvgIpc) is 2.98. The van der Waals surface area contributed by atoms with E-state index >= 15 is 0 Å². The molecular formula is C17H21N3O2. The fraction of sp³-hybridized carbons (Fsp3) is 0.529. The molecule has 1 N–H and O–H groups in total. The SMILES string of the molecule is CC1(C)[C@H](NC(=O)c2cnc3occc3c2)C2CCN1CC2. The number of rotatable bonds is 2. The van der Waals surface area contributed by atoms with E-state index in [1.54, 1.807) is 12.5 Å². The van der Waals surface area contributed by atoms with Crippen molar-refractivity contribution in [2.24, 2.45) is 5.92 Å². The molecule has 3 aliphatic heterocycles. The highest BCUT2D eigenvalue weighted by Gasteiger charge is 2.48. The van der Waals surface area contributed by atoms with Crippen LogP contribution in [-0.4, -0.2) is 40.5 Å². The van der Waals surface area contributed by atoms with Crippen molar-refractivity contribution in [3.63, 3.8) is 0 Å². The number of amides is 1. The molecule has 2 aromatic rings. The zero-order valence-corrected chi connectivity index (χ0v) is 13.0. The number of fused-ring (bicyclic) bond motifs is 4. The summed E-state index contributed by atoms with van der Waals surface area (Å²) in [5, 5.41) is 4.12. The highest BCUT2D eigenvalue weighted by atomic mass is 16.3. The third kappa shape index (κ3) is 2.03. The van der Waals surface area contributed by atoms with Gasteiger partial charge in [-0.1, -0.05) is 0 Å². The number of nitrogens with one attached hydrogen (secondary N) is 1. The number of aromatic nitrogens is 1. The molecule has 22 heavy (non-hydrogen) atoms. The number of carbonyl (C=O) groups is 1. The number of furan rings is 1. The molecule has 1 atom stereocenters. The summed E-state index contributed by atoms with van der Waals surface area (Å²) in [6, 6.07) is 3.87. The summed E-state index contributed by atoms with van der Waals surface area (Å²) >= 11 is 0. The van der Waals surface area contributed by atoms with E-state index in [0.717, 1.165) is 18.5 Å². The van der Waals surface area contributed by atoms with Gasteiger partial charge in [0.25, 0.3) is 5.91 Å². The van der Waals surface area contributed by atoms with Crippen molar-refractivity contribution in [2.45, 2.75) is 38.3 Å². The predicted octanol–water partition coefficient (Wildman–Crippen LogP) is 2.43. The van der Waals surface area contributed by atoms with Crippen LogP contribution in [0.5, 0.6) is 0 Å².